The molecule has 0 radical (unpaired) electrons. The van der Waals surface area contributed by atoms with E-state index in [0.29, 0.717) is 19.3 Å². The smallest absolute Gasteiger partial charge is 0.306 e. The largest absolute Gasteiger partial charge is 0.462 e. The van der Waals surface area contributed by atoms with Gasteiger partial charge in [0, 0.05) is 20.3 Å². The second-order valence-corrected chi connectivity index (χ2v) is 20.1. The van der Waals surface area contributed by atoms with Crippen LogP contribution in [0.25, 0.3) is 0 Å². The van der Waals surface area contributed by atoms with E-state index >= 15 is 0 Å². The summed E-state index contributed by atoms with van der Waals surface area (Å²) >= 11 is 0. The highest BCUT2D eigenvalue weighted by Gasteiger charge is 2.26. The van der Waals surface area contributed by atoms with Gasteiger partial charge in [0.1, 0.15) is 12.2 Å². The topological polar surface area (TPSA) is 102 Å². The molecule has 1 saturated carbocycles. The quantitative estimate of drug-likeness (QED) is 0.0480. The van der Waals surface area contributed by atoms with Gasteiger partial charge in [0.2, 0.25) is 10.0 Å². The third-order valence-corrected chi connectivity index (χ3v) is 13.7. The van der Waals surface area contributed by atoms with Gasteiger partial charge < -0.3 is 14.4 Å². The summed E-state index contributed by atoms with van der Waals surface area (Å²) in [4.78, 5) is 27.8. The molecule has 0 saturated heterocycles. The van der Waals surface area contributed by atoms with Crippen LogP contribution in [-0.2, 0) is 29.1 Å². The molecule has 0 aromatic carbocycles. The van der Waals surface area contributed by atoms with Gasteiger partial charge in [-0.1, -0.05) is 163 Å². The average Bonchev–Trinajstić information content (AvgIpc) is 4.03. The Morgan fingerprint density at radius 2 is 0.864 bits per heavy atom. The van der Waals surface area contributed by atoms with Crippen molar-refractivity contribution >= 4 is 22.0 Å². The first-order chi connectivity index (χ1) is 28.7. The van der Waals surface area contributed by atoms with Gasteiger partial charge in [-0.3, -0.25) is 9.59 Å². The maximum atomic E-state index is 12.8. The maximum absolute atomic E-state index is 12.8. The summed E-state index contributed by atoms with van der Waals surface area (Å²) < 4.78 is 39.7. The summed E-state index contributed by atoms with van der Waals surface area (Å²) in [6, 6.07) is 0.162. The van der Waals surface area contributed by atoms with Crippen LogP contribution in [0, 0.1) is 0 Å². The fourth-order valence-electron chi connectivity index (χ4n) is 8.15. The Kier molecular flexibility index (Phi) is 37.5. The number of hydrogen-bond donors (Lipinski definition) is 1. The van der Waals surface area contributed by atoms with Crippen molar-refractivity contribution in [3.05, 3.63) is 0 Å². The Balaban J connectivity index is 0.0000348. The van der Waals surface area contributed by atoms with Crippen molar-refractivity contribution < 1.29 is 28.9 Å². The fourth-order valence-corrected chi connectivity index (χ4v) is 9.52. The minimum absolute atomic E-state index is 0. The lowest BCUT2D eigenvalue weighted by molar-refractivity contribution is -0.150. The molecule has 0 aromatic rings. The Labute approximate surface area is 368 Å². The number of rotatable bonds is 46. The lowest BCUT2D eigenvalue weighted by Gasteiger charge is -2.22. The number of esters is 2. The average molecular weight is 857 g/mol. The highest BCUT2D eigenvalue weighted by atomic mass is 32.2. The minimum atomic E-state index is -3.20. The van der Waals surface area contributed by atoms with Crippen molar-refractivity contribution in [1.29, 1.82) is 0 Å². The van der Waals surface area contributed by atoms with Crippen LogP contribution in [0.2, 0.25) is 0 Å². The fraction of sp³-hybridized carbons (Fsp3) is 0.960. The number of nitrogens with one attached hydrogen (secondary N) is 1. The first-order valence-corrected chi connectivity index (χ1v) is 27.5. The molecule has 1 fully saturated rings. The number of carbonyl (C=O) groups excluding carboxylic acids is 2. The summed E-state index contributed by atoms with van der Waals surface area (Å²) in [5.74, 6) is 0.155. The van der Waals surface area contributed by atoms with Crippen LogP contribution in [0.1, 0.15) is 267 Å². The zero-order chi connectivity index (χ0) is 43.1. The van der Waals surface area contributed by atoms with Crippen molar-refractivity contribution in [2.75, 3.05) is 25.4 Å². The van der Waals surface area contributed by atoms with E-state index in [0.717, 1.165) is 129 Å². The van der Waals surface area contributed by atoms with Crippen molar-refractivity contribution in [3.8, 4) is 0 Å². The molecule has 0 spiro atoms. The summed E-state index contributed by atoms with van der Waals surface area (Å²) in [6.07, 6.45) is 41.0. The van der Waals surface area contributed by atoms with Crippen molar-refractivity contribution in [3.63, 3.8) is 0 Å². The van der Waals surface area contributed by atoms with E-state index in [-0.39, 0.29) is 37.4 Å². The molecule has 0 bridgehead atoms. The first-order valence-electron chi connectivity index (χ1n) is 25.8. The molecule has 1 aliphatic carbocycles. The van der Waals surface area contributed by atoms with Gasteiger partial charge in [-0.2, -0.15) is 0 Å². The van der Waals surface area contributed by atoms with Crippen LogP contribution < -0.4 is 4.72 Å². The molecule has 0 amide bonds. The number of nitrogens with zero attached hydrogens (tertiary/aromatic N) is 1. The van der Waals surface area contributed by atoms with Crippen LogP contribution in [0.3, 0.4) is 0 Å². The molecule has 0 heterocycles. The summed E-state index contributed by atoms with van der Waals surface area (Å²) in [6.45, 7) is 11.7. The van der Waals surface area contributed by atoms with Crippen LogP contribution in [0.15, 0.2) is 0 Å². The van der Waals surface area contributed by atoms with E-state index < -0.39 is 10.0 Å². The molecule has 59 heavy (non-hydrogen) atoms. The SMILES string of the molecule is CCCCCCCCC(CC)OC(=O)CCCCCCCN(CCCCCCCC(=O)OC(CCCCCCCC)CCCCCCCC)CCCS(=O)(=O)NC1CC1.[HH]. The van der Waals surface area contributed by atoms with Crippen LogP contribution in [0.5, 0.6) is 0 Å². The minimum Gasteiger partial charge on any atom is -0.462 e. The van der Waals surface area contributed by atoms with E-state index in [1.165, 1.54) is 109 Å². The predicted octanol–water partition coefficient (Wildman–Crippen LogP) is 14.2. The standard InChI is InChI=1S/C50H98N2O6S.H2/c1-5-9-12-15-20-27-35-47(8-4)57-49(53)38-30-23-18-25-32-42-52(44-34-45-59(55,56)51-46-40-41-46)43-33-26-19-24-31-39-50(54)58-48(36-28-21-16-13-10-6-2)37-29-22-17-14-11-7-3;/h46-48,51H,5-45H2,1-4H3;1H. The zero-order valence-corrected chi connectivity index (χ0v) is 40.3. The van der Waals surface area contributed by atoms with Gasteiger partial charge in [0.15, 0.2) is 0 Å². The second kappa shape index (κ2) is 39.6. The number of sulfonamides is 1. The van der Waals surface area contributed by atoms with Gasteiger partial charge in [-0.25, -0.2) is 13.1 Å². The molecule has 9 heteroatoms. The molecule has 0 aromatic heterocycles. The van der Waals surface area contributed by atoms with E-state index in [1.807, 2.05) is 0 Å². The molecular formula is C50H100N2O6S. The normalized spacial score (nSPS) is 13.7. The zero-order valence-electron chi connectivity index (χ0n) is 39.5. The van der Waals surface area contributed by atoms with E-state index in [4.69, 9.17) is 9.47 Å². The van der Waals surface area contributed by atoms with Crippen LogP contribution >= 0.6 is 0 Å². The highest BCUT2D eigenvalue weighted by molar-refractivity contribution is 7.89. The highest BCUT2D eigenvalue weighted by Crippen LogP contribution is 2.21. The molecule has 1 atom stereocenters. The first kappa shape index (κ1) is 55.8. The van der Waals surface area contributed by atoms with E-state index in [2.05, 4.69) is 37.3 Å². The van der Waals surface area contributed by atoms with Crippen LogP contribution in [0.4, 0.5) is 0 Å². The summed E-state index contributed by atoms with van der Waals surface area (Å²) in [5, 5.41) is 0. The molecule has 1 unspecified atom stereocenters. The second-order valence-electron chi connectivity index (χ2n) is 18.2. The summed E-state index contributed by atoms with van der Waals surface area (Å²) in [5.41, 5.74) is 0. The monoisotopic (exact) mass is 857 g/mol. The van der Waals surface area contributed by atoms with Crippen molar-refractivity contribution in [2.45, 2.75) is 284 Å². The van der Waals surface area contributed by atoms with E-state index in [1.54, 1.807) is 0 Å². The Hall–Kier alpha value is -1.19. The molecule has 352 valence electrons. The Morgan fingerprint density at radius 3 is 1.29 bits per heavy atom. The molecule has 1 rings (SSSR count). The number of ether oxygens (including phenoxy) is 2. The number of hydrogen-bond acceptors (Lipinski definition) is 7. The van der Waals surface area contributed by atoms with E-state index in [9.17, 15) is 18.0 Å². The molecule has 8 nitrogen and oxygen atoms in total. The predicted molar refractivity (Wildman–Crippen MR) is 253 cm³/mol. The lowest BCUT2D eigenvalue weighted by Crippen LogP contribution is -2.32. The third kappa shape index (κ3) is 37.1. The van der Waals surface area contributed by atoms with Gasteiger partial charge >= 0.3 is 11.9 Å². The summed E-state index contributed by atoms with van der Waals surface area (Å²) in [7, 11) is -3.20. The molecule has 0 aliphatic heterocycles. The third-order valence-electron chi connectivity index (χ3n) is 12.2. The lowest BCUT2D eigenvalue weighted by atomic mass is 10.0. The van der Waals surface area contributed by atoms with Crippen LogP contribution in [-0.4, -0.2) is 68.9 Å². The van der Waals surface area contributed by atoms with Crippen molar-refractivity contribution in [2.24, 2.45) is 0 Å². The maximum Gasteiger partial charge on any atom is 0.306 e. The molecule has 1 aliphatic rings. The Bertz CT molecular complexity index is 1060. The molecule has 1 N–H and O–H groups in total. The number of unbranched alkanes of at least 4 members (excludes halogenated alkanes) is 23. The number of carbonyl (C=O) groups is 2. The van der Waals surface area contributed by atoms with Gasteiger partial charge in [-0.15, -0.1) is 0 Å². The molecular weight excluding hydrogens is 757 g/mol. The van der Waals surface area contributed by atoms with Gasteiger partial charge in [0.25, 0.3) is 0 Å². The van der Waals surface area contributed by atoms with Crippen molar-refractivity contribution in [1.82, 2.24) is 9.62 Å². The Morgan fingerprint density at radius 1 is 0.508 bits per heavy atom. The van der Waals surface area contributed by atoms with Gasteiger partial charge in [-0.05, 0) is 110 Å². The van der Waals surface area contributed by atoms with Gasteiger partial charge in [0.05, 0.1) is 5.75 Å².